The molecule has 8 nitrogen and oxygen atoms in total. The molecule has 2 fully saturated rings. The first-order valence-corrected chi connectivity index (χ1v) is 10.7. The Labute approximate surface area is 176 Å². The molecule has 8 heteroatoms. The van der Waals surface area contributed by atoms with Gasteiger partial charge in [-0.25, -0.2) is 5.84 Å². The maximum absolute atomic E-state index is 12.6. The van der Waals surface area contributed by atoms with Crippen molar-refractivity contribution in [3.63, 3.8) is 0 Å². The number of hydrogen-bond donors (Lipinski definition) is 2. The molecule has 3 heterocycles. The minimum Gasteiger partial charge on any atom is -0.403 e. The Hall–Kier alpha value is -3.00. The third kappa shape index (κ3) is 4.14. The molecule has 4 N–H and O–H groups in total. The highest BCUT2D eigenvalue weighted by Crippen LogP contribution is 2.31. The molecule has 160 valence electrons. The summed E-state index contributed by atoms with van der Waals surface area (Å²) < 4.78 is 2.27. The average Bonchev–Trinajstić information content (AvgIpc) is 3.38. The van der Waals surface area contributed by atoms with Crippen molar-refractivity contribution in [1.29, 1.82) is 0 Å². The lowest BCUT2D eigenvalue weighted by Gasteiger charge is -2.34. The van der Waals surface area contributed by atoms with Gasteiger partial charge in [-0.3, -0.25) is 9.59 Å². The SMILES string of the molecule is N/C=C\N(N)CCC(=O)N1CCCC(n2ccc3cc(N4CCCC4=O)ccc32)C1. The van der Waals surface area contributed by atoms with Crippen LogP contribution >= 0.6 is 0 Å². The van der Waals surface area contributed by atoms with Gasteiger partial charge in [-0.2, -0.15) is 0 Å². The van der Waals surface area contributed by atoms with Gasteiger partial charge < -0.3 is 25.1 Å². The van der Waals surface area contributed by atoms with Gasteiger partial charge >= 0.3 is 0 Å². The molecule has 4 rings (SSSR count). The third-order valence-corrected chi connectivity index (χ3v) is 6.09. The lowest BCUT2D eigenvalue weighted by atomic mass is 10.0. The molecule has 0 bridgehead atoms. The zero-order valence-corrected chi connectivity index (χ0v) is 17.2. The van der Waals surface area contributed by atoms with E-state index in [0.29, 0.717) is 25.9 Å². The molecular weight excluding hydrogens is 380 g/mol. The number of fused-ring (bicyclic) bond motifs is 1. The Morgan fingerprint density at radius 3 is 2.87 bits per heavy atom. The normalized spacial score (nSPS) is 19.9. The number of hydrogen-bond acceptors (Lipinski definition) is 5. The quantitative estimate of drug-likeness (QED) is 0.560. The second-order valence-corrected chi connectivity index (χ2v) is 8.08. The first-order chi connectivity index (χ1) is 14.6. The third-order valence-electron chi connectivity index (χ3n) is 6.09. The fraction of sp³-hybridized carbons (Fsp3) is 0.455. The highest BCUT2D eigenvalue weighted by Gasteiger charge is 2.26. The second-order valence-electron chi connectivity index (χ2n) is 8.08. The van der Waals surface area contributed by atoms with E-state index in [-0.39, 0.29) is 17.9 Å². The summed E-state index contributed by atoms with van der Waals surface area (Å²) in [6.45, 7) is 2.73. The van der Waals surface area contributed by atoms with Crippen LogP contribution in [0.5, 0.6) is 0 Å². The number of rotatable bonds is 6. The standard InChI is InChI=1S/C22H30N6O2/c23-9-14-26(24)12-8-21(29)25-10-1-3-19(16-25)27-13-7-17-15-18(5-6-20(17)27)28-11-2-4-22(28)30/h5-7,9,13-15,19H,1-4,8,10-12,16,23-24H2/b14-9-. The zero-order valence-electron chi connectivity index (χ0n) is 17.2. The van der Waals surface area contributed by atoms with Crippen LogP contribution in [0.4, 0.5) is 5.69 Å². The van der Waals surface area contributed by atoms with Gasteiger partial charge in [-0.05, 0) is 43.5 Å². The summed E-state index contributed by atoms with van der Waals surface area (Å²) >= 11 is 0. The number of carbonyl (C=O) groups is 2. The largest absolute Gasteiger partial charge is 0.403 e. The van der Waals surface area contributed by atoms with Crippen LogP contribution in [-0.4, -0.2) is 52.5 Å². The van der Waals surface area contributed by atoms with Crippen molar-refractivity contribution in [3.8, 4) is 0 Å². The molecular formula is C22H30N6O2. The van der Waals surface area contributed by atoms with Crippen LogP contribution in [0.25, 0.3) is 10.9 Å². The monoisotopic (exact) mass is 410 g/mol. The summed E-state index contributed by atoms with van der Waals surface area (Å²) in [5.41, 5.74) is 7.45. The van der Waals surface area contributed by atoms with Gasteiger partial charge in [-0.15, -0.1) is 0 Å². The van der Waals surface area contributed by atoms with E-state index in [1.54, 1.807) is 6.20 Å². The molecule has 2 saturated heterocycles. The van der Waals surface area contributed by atoms with Crippen LogP contribution in [0.3, 0.4) is 0 Å². The molecule has 30 heavy (non-hydrogen) atoms. The number of nitrogens with zero attached hydrogens (tertiary/aromatic N) is 4. The molecule has 2 aromatic rings. The van der Waals surface area contributed by atoms with E-state index in [0.717, 1.165) is 48.9 Å². The summed E-state index contributed by atoms with van der Waals surface area (Å²) in [7, 11) is 0. The highest BCUT2D eigenvalue weighted by molar-refractivity contribution is 5.97. The number of likely N-dealkylation sites (tertiary alicyclic amines) is 1. The van der Waals surface area contributed by atoms with Crippen LogP contribution < -0.4 is 16.5 Å². The van der Waals surface area contributed by atoms with Crippen molar-refractivity contribution < 1.29 is 9.59 Å². The second kappa shape index (κ2) is 8.79. The Bertz CT molecular complexity index is 952. The molecule has 0 spiro atoms. The van der Waals surface area contributed by atoms with Crippen molar-refractivity contribution in [3.05, 3.63) is 42.9 Å². The van der Waals surface area contributed by atoms with E-state index in [4.69, 9.17) is 11.6 Å². The molecule has 0 aliphatic carbocycles. The molecule has 1 aromatic heterocycles. The molecule has 2 aliphatic heterocycles. The van der Waals surface area contributed by atoms with Crippen LogP contribution in [0, 0.1) is 0 Å². The lowest BCUT2D eigenvalue weighted by Crippen LogP contribution is -2.42. The van der Waals surface area contributed by atoms with Gasteiger partial charge in [0, 0.05) is 74.2 Å². The van der Waals surface area contributed by atoms with Gasteiger partial charge in [0.25, 0.3) is 0 Å². The van der Waals surface area contributed by atoms with Crippen molar-refractivity contribution >= 4 is 28.4 Å². The summed E-state index contributed by atoms with van der Waals surface area (Å²) in [6.07, 6.45) is 8.97. The molecule has 2 aliphatic rings. The number of carbonyl (C=O) groups excluding carboxylic acids is 2. The number of benzene rings is 1. The van der Waals surface area contributed by atoms with Crippen molar-refractivity contribution in [1.82, 2.24) is 14.5 Å². The van der Waals surface area contributed by atoms with E-state index in [2.05, 4.69) is 29.0 Å². The predicted octanol–water partition coefficient (Wildman–Crippen LogP) is 1.93. The summed E-state index contributed by atoms with van der Waals surface area (Å²) in [6, 6.07) is 8.59. The first kappa shape index (κ1) is 20.3. The number of aromatic nitrogens is 1. The van der Waals surface area contributed by atoms with Crippen LogP contribution in [0.15, 0.2) is 42.9 Å². The van der Waals surface area contributed by atoms with E-state index in [1.165, 1.54) is 11.2 Å². The van der Waals surface area contributed by atoms with E-state index in [1.807, 2.05) is 15.9 Å². The fourth-order valence-corrected chi connectivity index (χ4v) is 4.54. The van der Waals surface area contributed by atoms with Crippen molar-refractivity contribution in [2.24, 2.45) is 11.6 Å². The van der Waals surface area contributed by atoms with Crippen molar-refractivity contribution in [2.75, 3.05) is 31.1 Å². The number of piperidine rings is 1. The van der Waals surface area contributed by atoms with Gasteiger partial charge in [0.05, 0.1) is 6.04 Å². The number of amides is 2. The molecule has 0 radical (unpaired) electrons. The minimum atomic E-state index is 0.117. The Morgan fingerprint density at radius 1 is 1.23 bits per heavy atom. The summed E-state index contributed by atoms with van der Waals surface area (Å²) in [4.78, 5) is 28.5. The van der Waals surface area contributed by atoms with E-state index < -0.39 is 0 Å². The maximum atomic E-state index is 12.6. The van der Waals surface area contributed by atoms with E-state index >= 15 is 0 Å². The fourth-order valence-electron chi connectivity index (χ4n) is 4.54. The smallest absolute Gasteiger partial charge is 0.227 e. The number of nitrogens with two attached hydrogens (primary N) is 2. The molecule has 1 unspecified atom stereocenters. The van der Waals surface area contributed by atoms with Gasteiger partial charge in [0.2, 0.25) is 11.8 Å². The van der Waals surface area contributed by atoms with Crippen LogP contribution in [-0.2, 0) is 9.59 Å². The van der Waals surface area contributed by atoms with Gasteiger partial charge in [0.15, 0.2) is 0 Å². The summed E-state index contributed by atoms with van der Waals surface area (Å²) in [5, 5.41) is 2.56. The van der Waals surface area contributed by atoms with Gasteiger partial charge in [-0.1, -0.05) is 0 Å². The summed E-state index contributed by atoms with van der Waals surface area (Å²) in [5.74, 6) is 6.08. The number of hydrazine groups is 1. The first-order valence-electron chi connectivity index (χ1n) is 10.7. The van der Waals surface area contributed by atoms with Crippen LogP contribution in [0.2, 0.25) is 0 Å². The Balaban J connectivity index is 1.45. The highest BCUT2D eigenvalue weighted by atomic mass is 16.2. The average molecular weight is 411 g/mol. The molecule has 1 aromatic carbocycles. The Morgan fingerprint density at radius 2 is 2.10 bits per heavy atom. The van der Waals surface area contributed by atoms with E-state index in [9.17, 15) is 9.59 Å². The van der Waals surface area contributed by atoms with Crippen molar-refractivity contribution in [2.45, 2.75) is 38.1 Å². The number of anilines is 1. The predicted molar refractivity (Wildman–Crippen MR) is 117 cm³/mol. The van der Waals surface area contributed by atoms with Crippen LogP contribution in [0.1, 0.15) is 38.1 Å². The Kier molecular flexibility index (Phi) is 5.94. The molecule has 2 amide bonds. The maximum Gasteiger partial charge on any atom is 0.227 e. The molecule has 1 atom stereocenters. The van der Waals surface area contributed by atoms with Gasteiger partial charge in [0.1, 0.15) is 0 Å². The zero-order chi connectivity index (χ0) is 21.1. The minimum absolute atomic E-state index is 0.117. The topological polar surface area (TPSA) is 101 Å². The lowest BCUT2D eigenvalue weighted by molar-refractivity contribution is -0.133. The molecule has 0 saturated carbocycles.